The summed E-state index contributed by atoms with van der Waals surface area (Å²) in [6.07, 6.45) is 4.31. The zero-order chi connectivity index (χ0) is 11.0. The molecule has 2 heteroatoms. The van der Waals surface area contributed by atoms with Crippen LogP contribution in [-0.4, -0.2) is 13.1 Å². The molecule has 3 rings (SSSR count). The number of para-hydroxylation sites is 1. The second kappa shape index (κ2) is 4.29. The van der Waals surface area contributed by atoms with Crippen LogP contribution in [0.25, 0.3) is 0 Å². The predicted octanol–water partition coefficient (Wildman–Crippen LogP) is 3.66. The van der Waals surface area contributed by atoms with Gasteiger partial charge in [-0.3, -0.25) is 0 Å². The number of alkyl halides is 1. The minimum absolute atomic E-state index is 0.627. The molecule has 2 unspecified atom stereocenters. The fourth-order valence-electron chi connectivity index (χ4n) is 3.36. The second-order valence-electron chi connectivity index (χ2n) is 5.12. The summed E-state index contributed by atoms with van der Waals surface area (Å²) in [5.41, 5.74) is 2.65. The first kappa shape index (κ1) is 10.5. The Morgan fingerprint density at radius 3 is 2.50 bits per heavy atom. The van der Waals surface area contributed by atoms with Crippen LogP contribution >= 0.6 is 11.6 Å². The standard InChI is InChI=1S/C14H18ClN/c15-8-11-4-1-2-7-14(11)16-9-12-5-3-6-13(12)10-16/h1-2,4,7,12-13H,3,5-6,8-10H2. The van der Waals surface area contributed by atoms with E-state index >= 15 is 0 Å². The van der Waals surface area contributed by atoms with Gasteiger partial charge in [0.15, 0.2) is 0 Å². The number of nitrogens with zero attached hydrogens (tertiary/aromatic N) is 1. The van der Waals surface area contributed by atoms with E-state index in [0.717, 1.165) is 11.8 Å². The first-order valence-electron chi connectivity index (χ1n) is 6.27. The zero-order valence-electron chi connectivity index (χ0n) is 9.53. The lowest BCUT2D eigenvalue weighted by molar-refractivity contribution is 0.494. The molecule has 16 heavy (non-hydrogen) atoms. The second-order valence-corrected chi connectivity index (χ2v) is 5.39. The van der Waals surface area contributed by atoms with Crippen LogP contribution in [0, 0.1) is 11.8 Å². The van der Waals surface area contributed by atoms with Crippen molar-refractivity contribution >= 4 is 17.3 Å². The van der Waals surface area contributed by atoms with Gasteiger partial charge in [0, 0.05) is 24.7 Å². The van der Waals surface area contributed by atoms with E-state index in [1.807, 2.05) is 0 Å². The number of anilines is 1. The van der Waals surface area contributed by atoms with Crippen molar-refractivity contribution in [2.75, 3.05) is 18.0 Å². The van der Waals surface area contributed by atoms with E-state index in [0.29, 0.717) is 5.88 Å². The van der Waals surface area contributed by atoms with Gasteiger partial charge in [-0.1, -0.05) is 24.6 Å². The van der Waals surface area contributed by atoms with E-state index in [2.05, 4.69) is 29.2 Å². The summed E-state index contributed by atoms with van der Waals surface area (Å²) in [5.74, 6) is 2.52. The van der Waals surface area contributed by atoms with Gasteiger partial charge in [0.1, 0.15) is 0 Å². The lowest BCUT2D eigenvalue weighted by Crippen LogP contribution is -2.21. The van der Waals surface area contributed by atoms with Gasteiger partial charge in [-0.2, -0.15) is 0 Å². The van der Waals surface area contributed by atoms with Crippen LogP contribution in [0.2, 0.25) is 0 Å². The van der Waals surface area contributed by atoms with Crippen LogP contribution in [0.1, 0.15) is 24.8 Å². The fourth-order valence-corrected chi connectivity index (χ4v) is 3.59. The van der Waals surface area contributed by atoms with Gasteiger partial charge < -0.3 is 4.90 Å². The van der Waals surface area contributed by atoms with Crippen LogP contribution in [0.3, 0.4) is 0 Å². The third-order valence-corrected chi connectivity index (χ3v) is 4.49. The molecule has 1 aliphatic heterocycles. The Morgan fingerprint density at radius 1 is 1.12 bits per heavy atom. The summed E-state index contributed by atoms with van der Waals surface area (Å²) in [4.78, 5) is 2.55. The fraction of sp³-hybridized carbons (Fsp3) is 0.571. The summed E-state index contributed by atoms with van der Waals surface area (Å²) in [5, 5.41) is 0. The van der Waals surface area contributed by atoms with Crippen molar-refractivity contribution in [3.8, 4) is 0 Å². The third kappa shape index (κ3) is 1.71. The molecule has 0 bridgehead atoms. The van der Waals surface area contributed by atoms with Crippen LogP contribution in [0.15, 0.2) is 24.3 Å². The summed E-state index contributed by atoms with van der Waals surface area (Å²) in [6.45, 7) is 2.50. The molecular formula is C14H18ClN. The largest absolute Gasteiger partial charge is 0.371 e. The molecule has 2 aliphatic rings. The minimum atomic E-state index is 0.627. The molecule has 2 atom stereocenters. The molecule has 0 N–H and O–H groups in total. The number of hydrogen-bond acceptors (Lipinski definition) is 1. The zero-order valence-corrected chi connectivity index (χ0v) is 10.3. The van der Waals surface area contributed by atoms with E-state index in [1.54, 1.807) is 0 Å². The predicted molar refractivity (Wildman–Crippen MR) is 69.0 cm³/mol. The van der Waals surface area contributed by atoms with Crippen molar-refractivity contribution in [1.82, 2.24) is 0 Å². The maximum Gasteiger partial charge on any atom is 0.0494 e. The maximum atomic E-state index is 6.00. The highest BCUT2D eigenvalue weighted by molar-refractivity contribution is 6.17. The summed E-state index contributed by atoms with van der Waals surface area (Å²) in [7, 11) is 0. The molecule has 0 aromatic heterocycles. The molecule has 1 aliphatic carbocycles. The van der Waals surface area contributed by atoms with Crippen molar-refractivity contribution < 1.29 is 0 Å². The Labute approximate surface area is 102 Å². The average molecular weight is 236 g/mol. The Kier molecular flexibility index (Phi) is 2.81. The molecule has 1 heterocycles. The molecule has 1 saturated carbocycles. The molecule has 1 aromatic rings. The van der Waals surface area contributed by atoms with Crippen LogP contribution in [0.4, 0.5) is 5.69 Å². The van der Waals surface area contributed by atoms with E-state index in [4.69, 9.17) is 11.6 Å². The number of rotatable bonds is 2. The van der Waals surface area contributed by atoms with Gasteiger partial charge in [0.25, 0.3) is 0 Å². The van der Waals surface area contributed by atoms with E-state index in [-0.39, 0.29) is 0 Å². The molecule has 86 valence electrons. The van der Waals surface area contributed by atoms with Crippen LogP contribution < -0.4 is 4.90 Å². The molecule has 1 nitrogen and oxygen atoms in total. The van der Waals surface area contributed by atoms with Crippen LogP contribution in [-0.2, 0) is 5.88 Å². The quantitative estimate of drug-likeness (QED) is 0.708. The van der Waals surface area contributed by atoms with Gasteiger partial charge in [-0.25, -0.2) is 0 Å². The number of benzene rings is 1. The molecule has 1 aromatic carbocycles. The minimum Gasteiger partial charge on any atom is -0.371 e. The van der Waals surface area contributed by atoms with Crippen molar-refractivity contribution in [3.05, 3.63) is 29.8 Å². The highest BCUT2D eigenvalue weighted by Crippen LogP contribution is 2.40. The van der Waals surface area contributed by atoms with Crippen LogP contribution in [0.5, 0.6) is 0 Å². The summed E-state index contributed by atoms with van der Waals surface area (Å²) >= 11 is 6.00. The van der Waals surface area contributed by atoms with Gasteiger partial charge >= 0.3 is 0 Å². The third-order valence-electron chi connectivity index (χ3n) is 4.20. The molecule has 1 saturated heterocycles. The summed E-state index contributed by atoms with van der Waals surface area (Å²) < 4.78 is 0. The smallest absolute Gasteiger partial charge is 0.0494 e. The Hall–Kier alpha value is -0.690. The van der Waals surface area contributed by atoms with Gasteiger partial charge in [-0.05, 0) is 36.3 Å². The molecular weight excluding hydrogens is 218 g/mol. The van der Waals surface area contributed by atoms with Crippen molar-refractivity contribution in [1.29, 1.82) is 0 Å². The molecule has 0 radical (unpaired) electrons. The number of hydrogen-bond donors (Lipinski definition) is 0. The molecule has 0 amide bonds. The Bertz CT molecular complexity index is 365. The topological polar surface area (TPSA) is 3.24 Å². The Balaban J connectivity index is 1.83. The maximum absolute atomic E-state index is 6.00. The molecule has 0 spiro atoms. The van der Waals surface area contributed by atoms with Gasteiger partial charge in [0.05, 0.1) is 0 Å². The highest BCUT2D eigenvalue weighted by atomic mass is 35.5. The lowest BCUT2D eigenvalue weighted by atomic mass is 10.0. The average Bonchev–Trinajstić information content (AvgIpc) is 2.89. The SMILES string of the molecule is ClCc1ccccc1N1CC2CCCC2C1. The monoisotopic (exact) mass is 235 g/mol. The number of fused-ring (bicyclic) bond motifs is 1. The van der Waals surface area contributed by atoms with E-state index < -0.39 is 0 Å². The molecule has 2 fully saturated rings. The summed E-state index contributed by atoms with van der Waals surface area (Å²) in [6, 6.07) is 8.58. The lowest BCUT2D eigenvalue weighted by Gasteiger charge is -2.22. The van der Waals surface area contributed by atoms with E-state index in [9.17, 15) is 0 Å². The van der Waals surface area contributed by atoms with Gasteiger partial charge in [-0.15, -0.1) is 11.6 Å². The van der Waals surface area contributed by atoms with E-state index in [1.165, 1.54) is 43.6 Å². The highest BCUT2D eigenvalue weighted by Gasteiger charge is 2.36. The first-order chi connectivity index (χ1) is 7.88. The number of halogens is 1. The van der Waals surface area contributed by atoms with Crippen molar-refractivity contribution in [3.63, 3.8) is 0 Å². The normalized spacial score (nSPS) is 28.4. The van der Waals surface area contributed by atoms with Crippen molar-refractivity contribution in [2.24, 2.45) is 11.8 Å². The Morgan fingerprint density at radius 2 is 1.81 bits per heavy atom. The van der Waals surface area contributed by atoms with Crippen molar-refractivity contribution in [2.45, 2.75) is 25.1 Å². The first-order valence-corrected chi connectivity index (χ1v) is 6.81. The van der Waals surface area contributed by atoms with Gasteiger partial charge in [0.2, 0.25) is 0 Å².